The first-order valence-corrected chi connectivity index (χ1v) is 14.8. The number of likely N-dealkylation sites (N-methyl/N-ethyl adjacent to an activating group) is 1. The summed E-state index contributed by atoms with van der Waals surface area (Å²) in [4.78, 5) is 41.6. The molecule has 244 valence electrons. The maximum Gasteiger partial charge on any atom is 0.389 e. The second kappa shape index (κ2) is 16.7. The summed E-state index contributed by atoms with van der Waals surface area (Å²) in [6.07, 6.45) is -5.00. The van der Waals surface area contributed by atoms with Crippen molar-refractivity contribution in [2.24, 2.45) is 5.92 Å². The number of hydrogen-bond acceptors (Lipinski definition) is 6. The maximum atomic E-state index is 14.1. The maximum absolute atomic E-state index is 14.1. The van der Waals surface area contributed by atoms with Crippen LogP contribution in [-0.2, 0) is 9.53 Å². The van der Waals surface area contributed by atoms with Crippen LogP contribution in [0.3, 0.4) is 0 Å². The molecule has 0 radical (unpaired) electrons. The first-order valence-electron chi connectivity index (χ1n) is 14.8. The van der Waals surface area contributed by atoms with E-state index in [0.29, 0.717) is 30.9 Å². The normalized spacial score (nSPS) is 21.3. The molecule has 13 heteroatoms. The molecule has 1 aromatic rings. The number of benzene rings is 1. The van der Waals surface area contributed by atoms with Gasteiger partial charge in [-0.3, -0.25) is 9.59 Å². The average molecular weight is 617 g/mol. The average Bonchev–Trinajstić information content (AvgIpc) is 2.92. The SMILES string of the molecule is CC(C)NC(=O)Nc1ccc2c(c1)C(=O)N([C@H](C)CO)C[C@@H](C)[C@@H](CN(C)C(=O)CCC(F)(F)F)OCCCC[C@@H](C)O2. The highest BCUT2D eigenvalue weighted by Gasteiger charge is 2.32. The number of aliphatic hydroxyl groups is 1. The zero-order valence-electron chi connectivity index (χ0n) is 26.0. The van der Waals surface area contributed by atoms with Gasteiger partial charge in [0.2, 0.25) is 5.91 Å². The number of nitrogens with zero attached hydrogens (tertiary/aromatic N) is 2. The Balaban J connectivity index is 2.40. The number of carbonyl (C=O) groups is 3. The molecule has 2 rings (SSSR count). The third kappa shape index (κ3) is 12.2. The van der Waals surface area contributed by atoms with Gasteiger partial charge in [-0.25, -0.2) is 4.79 Å². The molecule has 4 atom stereocenters. The largest absolute Gasteiger partial charge is 0.490 e. The molecule has 0 unspecified atom stereocenters. The Labute approximate surface area is 252 Å². The Morgan fingerprint density at radius 2 is 1.88 bits per heavy atom. The molecule has 1 heterocycles. The van der Waals surface area contributed by atoms with Gasteiger partial charge in [0.25, 0.3) is 5.91 Å². The van der Waals surface area contributed by atoms with Crippen molar-refractivity contribution in [1.29, 1.82) is 0 Å². The van der Waals surface area contributed by atoms with Crippen LogP contribution >= 0.6 is 0 Å². The van der Waals surface area contributed by atoms with Gasteiger partial charge < -0.3 is 35.0 Å². The van der Waals surface area contributed by atoms with E-state index in [0.717, 1.165) is 6.42 Å². The molecular weight excluding hydrogens is 569 g/mol. The lowest BCUT2D eigenvalue weighted by molar-refractivity contribution is -0.149. The monoisotopic (exact) mass is 616 g/mol. The van der Waals surface area contributed by atoms with Crippen molar-refractivity contribution in [2.75, 3.05) is 38.7 Å². The first-order chi connectivity index (χ1) is 20.1. The van der Waals surface area contributed by atoms with E-state index in [4.69, 9.17) is 9.47 Å². The van der Waals surface area contributed by atoms with Gasteiger partial charge in [-0.05, 0) is 65.2 Å². The Bertz CT molecular complexity index is 1070. The van der Waals surface area contributed by atoms with Gasteiger partial charge in [-0.1, -0.05) is 6.92 Å². The third-order valence-electron chi connectivity index (χ3n) is 7.23. The zero-order chi connectivity index (χ0) is 32.3. The Kier molecular flexibility index (Phi) is 14.0. The van der Waals surface area contributed by atoms with Crippen molar-refractivity contribution in [2.45, 2.75) is 97.2 Å². The molecule has 1 aliphatic rings. The van der Waals surface area contributed by atoms with Crippen LogP contribution in [0, 0.1) is 5.92 Å². The fourth-order valence-corrected chi connectivity index (χ4v) is 4.70. The van der Waals surface area contributed by atoms with Crippen molar-refractivity contribution in [3.05, 3.63) is 23.8 Å². The highest BCUT2D eigenvalue weighted by Crippen LogP contribution is 2.29. The summed E-state index contributed by atoms with van der Waals surface area (Å²) in [5.41, 5.74) is 0.586. The highest BCUT2D eigenvalue weighted by atomic mass is 19.4. The molecule has 0 spiro atoms. The number of rotatable bonds is 8. The van der Waals surface area contributed by atoms with Gasteiger partial charge in [0.05, 0.1) is 36.8 Å². The van der Waals surface area contributed by atoms with E-state index in [1.807, 2.05) is 27.7 Å². The van der Waals surface area contributed by atoms with E-state index in [-0.39, 0.29) is 43.3 Å². The molecule has 0 aromatic heterocycles. The quantitative estimate of drug-likeness (QED) is 0.386. The molecule has 3 N–H and O–H groups in total. The topological polar surface area (TPSA) is 120 Å². The molecule has 10 nitrogen and oxygen atoms in total. The lowest BCUT2D eigenvalue weighted by Crippen LogP contribution is -2.48. The van der Waals surface area contributed by atoms with Crippen molar-refractivity contribution in [3.63, 3.8) is 0 Å². The molecule has 0 aliphatic carbocycles. The molecule has 0 saturated carbocycles. The van der Waals surface area contributed by atoms with Crippen LogP contribution in [0.1, 0.15) is 77.1 Å². The number of alkyl halides is 3. The smallest absolute Gasteiger partial charge is 0.389 e. The molecule has 1 aliphatic heterocycles. The number of urea groups is 1. The lowest BCUT2D eigenvalue weighted by atomic mass is 10.0. The molecule has 1 aromatic carbocycles. The van der Waals surface area contributed by atoms with Crippen molar-refractivity contribution >= 4 is 23.5 Å². The number of carbonyl (C=O) groups excluding carboxylic acids is 3. The van der Waals surface area contributed by atoms with E-state index in [2.05, 4.69) is 10.6 Å². The van der Waals surface area contributed by atoms with Gasteiger partial charge in [-0.2, -0.15) is 13.2 Å². The second-order valence-corrected chi connectivity index (χ2v) is 11.7. The Hall–Kier alpha value is -3.06. The minimum atomic E-state index is -4.43. The number of nitrogens with one attached hydrogen (secondary N) is 2. The van der Waals surface area contributed by atoms with E-state index in [1.165, 1.54) is 16.8 Å². The Morgan fingerprint density at radius 3 is 2.51 bits per heavy atom. The summed E-state index contributed by atoms with van der Waals surface area (Å²) in [5.74, 6) is -1.10. The number of hydrogen-bond donors (Lipinski definition) is 3. The van der Waals surface area contributed by atoms with Crippen molar-refractivity contribution in [1.82, 2.24) is 15.1 Å². The summed E-state index contributed by atoms with van der Waals surface area (Å²) < 4.78 is 50.4. The Morgan fingerprint density at radius 1 is 1.19 bits per heavy atom. The van der Waals surface area contributed by atoms with Crippen LogP contribution in [-0.4, -0.2) is 96.6 Å². The summed E-state index contributed by atoms with van der Waals surface area (Å²) in [5, 5.41) is 15.5. The van der Waals surface area contributed by atoms with E-state index < -0.39 is 49.0 Å². The van der Waals surface area contributed by atoms with E-state index in [1.54, 1.807) is 25.1 Å². The van der Waals surface area contributed by atoms with Gasteiger partial charge in [0, 0.05) is 50.8 Å². The minimum absolute atomic E-state index is 0.0442. The first kappa shape index (κ1) is 36.1. The summed E-state index contributed by atoms with van der Waals surface area (Å²) in [6, 6.07) is 3.69. The van der Waals surface area contributed by atoms with E-state index >= 15 is 0 Å². The molecule has 0 bridgehead atoms. The van der Waals surface area contributed by atoms with Crippen LogP contribution in [0.4, 0.5) is 23.7 Å². The summed E-state index contributed by atoms with van der Waals surface area (Å²) in [6.45, 7) is 9.26. The molecule has 0 saturated heterocycles. The predicted octanol–water partition coefficient (Wildman–Crippen LogP) is 4.81. The van der Waals surface area contributed by atoms with Crippen molar-refractivity contribution < 1.29 is 42.1 Å². The number of aliphatic hydroxyl groups excluding tert-OH is 1. The van der Waals surface area contributed by atoms with Crippen LogP contribution in [0.5, 0.6) is 5.75 Å². The van der Waals surface area contributed by atoms with Crippen LogP contribution in [0.25, 0.3) is 0 Å². The van der Waals surface area contributed by atoms with Gasteiger partial charge >= 0.3 is 12.2 Å². The molecule has 43 heavy (non-hydrogen) atoms. The van der Waals surface area contributed by atoms with Crippen LogP contribution in [0.15, 0.2) is 18.2 Å². The van der Waals surface area contributed by atoms with Gasteiger partial charge in [0.15, 0.2) is 0 Å². The van der Waals surface area contributed by atoms with Gasteiger partial charge in [0.1, 0.15) is 5.75 Å². The lowest BCUT2D eigenvalue weighted by Gasteiger charge is -2.36. The zero-order valence-corrected chi connectivity index (χ0v) is 26.0. The predicted molar refractivity (Wildman–Crippen MR) is 157 cm³/mol. The van der Waals surface area contributed by atoms with Crippen LogP contribution in [0.2, 0.25) is 0 Å². The standard InChI is InChI=1S/C30H47F3N4O6/c1-19(2)34-29(41)35-23-10-11-25-24(15-23)28(40)37(21(4)18-38)16-20(3)26(42-14-8-7-9-22(5)43-25)17-36(6)27(39)12-13-30(31,32)33/h10-11,15,19-22,26,38H,7-9,12-14,16-18H2,1-6H3,(H2,34,35,41)/t20-,21-,22-,26-/m1/s1. The molecule has 0 fully saturated rings. The number of amides is 4. The fourth-order valence-electron chi connectivity index (χ4n) is 4.70. The minimum Gasteiger partial charge on any atom is -0.490 e. The highest BCUT2D eigenvalue weighted by molar-refractivity contribution is 5.99. The van der Waals surface area contributed by atoms with Gasteiger partial charge in [-0.15, -0.1) is 0 Å². The van der Waals surface area contributed by atoms with Crippen LogP contribution < -0.4 is 15.4 Å². The second-order valence-electron chi connectivity index (χ2n) is 11.7. The number of fused-ring (bicyclic) bond motifs is 1. The summed E-state index contributed by atoms with van der Waals surface area (Å²) >= 11 is 0. The molecular formula is C30H47F3N4O6. The third-order valence-corrected chi connectivity index (χ3v) is 7.23. The number of halogens is 3. The van der Waals surface area contributed by atoms with Crippen molar-refractivity contribution in [3.8, 4) is 5.75 Å². The van der Waals surface area contributed by atoms with E-state index in [9.17, 15) is 32.7 Å². The summed E-state index contributed by atoms with van der Waals surface area (Å²) in [7, 11) is 1.44. The molecule has 4 amide bonds. The fraction of sp³-hybridized carbons (Fsp3) is 0.700. The number of anilines is 1. The number of ether oxygens (including phenoxy) is 2.